The van der Waals surface area contributed by atoms with Crippen molar-refractivity contribution in [2.45, 2.75) is 32.6 Å². The number of ether oxygens (including phenoxy) is 1. The van der Waals surface area contributed by atoms with E-state index in [1.165, 1.54) is 0 Å². The van der Waals surface area contributed by atoms with Crippen LogP contribution in [0.2, 0.25) is 0 Å². The Bertz CT molecular complexity index is 617. The van der Waals surface area contributed by atoms with Gasteiger partial charge in [-0.2, -0.15) is 0 Å². The number of nitrogens with zero attached hydrogens (tertiary/aromatic N) is 1. The molecular weight excluding hydrogens is 308 g/mol. The highest BCUT2D eigenvalue weighted by Gasteiger charge is 2.48. The van der Waals surface area contributed by atoms with Gasteiger partial charge >= 0.3 is 0 Å². The van der Waals surface area contributed by atoms with Gasteiger partial charge in [0.25, 0.3) is 0 Å². The molecule has 2 atom stereocenters. The van der Waals surface area contributed by atoms with Crippen LogP contribution in [0, 0.1) is 11.8 Å². The molecule has 1 aliphatic heterocycles. The van der Waals surface area contributed by atoms with Crippen molar-refractivity contribution in [1.82, 2.24) is 4.90 Å². The quantitative estimate of drug-likeness (QED) is 0.840. The van der Waals surface area contributed by atoms with Crippen molar-refractivity contribution in [3.05, 3.63) is 24.3 Å². The van der Waals surface area contributed by atoms with Crippen molar-refractivity contribution in [1.29, 1.82) is 0 Å². The number of rotatable bonds is 5. The van der Waals surface area contributed by atoms with Gasteiger partial charge in [-0.05, 0) is 44.0 Å². The van der Waals surface area contributed by atoms with E-state index in [-0.39, 0.29) is 36.1 Å². The molecule has 0 spiro atoms. The Morgan fingerprint density at radius 3 is 2.25 bits per heavy atom. The topological polar surface area (TPSA) is 75.7 Å². The monoisotopic (exact) mass is 330 g/mol. The third kappa shape index (κ3) is 3.27. The summed E-state index contributed by atoms with van der Waals surface area (Å²) in [5.74, 6) is -0.448. The van der Waals surface area contributed by atoms with Crippen LogP contribution in [0.1, 0.15) is 32.6 Å². The molecule has 2 fully saturated rings. The average Bonchev–Trinajstić information content (AvgIpc) is 2.82. The van der Waals surface area contributed by atoms with Crippen molar-refractivity contribution >= 4 is 23.4 Å². The summed E-state index contributed by atoms with van der Waals surface area (Å²) < 4.78 is 5.35. The van der Waals surface area contributed by atoms with Crippen LogP contribution in [0.15, 0.2) is 24.3 Å². The summed E-state index contributed by atoms with van der Waals surface area (Å²) in [5, 5.41) is 2.72. The number of carbonyl (C=O) groups is 3. The lowest BCUT2D eigenvalue weighted by molar-refractivity contribution is -0.142. The fourth-order valence-corrected chi connectivity index (χ4v) is 3.53. The zero-order valence-corrected chi connectivity index (χ0v) is 13.8. The normalized spacial score (nSPS) is 23.1. The second-order valence-electron chi connectivity index (χ2n) is 6.27. The summed E-state index contributed by atoms with van der Waals surface area (Å²) in [6, 6.07) is 6.99. The fraction of sp³-hybridized carbons (Fsp3) is 0.500. The Hall–Kier alpha value is -2.37. The first-order valence-corrected chi connectivity index (χ1v) is 8.48. The van der Waals surface area contributed by atoms with Crippen LogP contribution in [0.5, 0.6) is 5.75 Å². The Morgan fingerprint density at radius 1 is 1.12 bits per heavy atom. The van der Waals surface area contributed by atoms with E-state index in [0.717, 1.165) is 36.3 Å². The molecule has 3 rings (SSSR count). The fourth-order valence-electron chi connectivity index (χ4n) is 3.53. The number of hydrogen-bond donors (Lipinski definition) is 1. The van der Waals surface area contributed by atoms with Crippen LogP contribution in [0.25, 0.3) is 0 Å². The van der Waals surface area contributed by atoms with Gasteiger partial charge < -0.3 is 10.1 Å². The summed E-state index contributed by atoms with van der Waals surface area (Å²) in [4.78, 5) is 38.0. The molecule has 3 amide bonds. The molecule has 1 aromatic rings. The Morgan fingerprint density at radius 2 is 1.71 bits per heavy atom. The van der Waals surface area contributed by atoms with E-state index < -0.39 is 0 Å². The number of carbonyl (C=O) groups excluding carboxylic acids is 3. The lowest BCUT2D eigenvalue weighted by Crippen LogP contribution is -2.38. The minimum Gasteiger partial charge on any atom is -0.494 e. The largest absolute Gasteiger partial charge is 0.494 e. The Kier molecular flexibility index (Phi) is 4.83. The minimum absolute atomic E-state index is 0.188. The third-order valence-corrected chi connectivity index (χ3v) is 4.68. The lowest BCUT2D eigenvalue weighted by Gasteiger charge is -2.19. The van der Waals surface area contributed by atoms with Crippen LogP contribution < -0.4 is 10.1 Å². The van der Waals surface area contributed by atoms with E-state index >= 15 is 0 Å². The molecule has 1 saturated heterocycles. The molecule has 1 saturated carbocycles. The second kappa shape index (κ2) is 7.03. The number of nitrogens with one attached hydrogen (secondary N) is 1. The summed E-state index contributed by atoms with van der Waals surface area (Å²) in [6.45, 7) is 2.27. The van der Waals surface area contributed by atoms with E-state index in [4.69, 9.17) is 4.74 Å². The van der Waals surface area contributed by atoms with E-state index in [1.54, 1.807) is 24.3 Å². The molecule has 1 N–H and O–H groups in total. The molecule has 24 heavy (non-hydrogen) atoms. The zero-order valence-electron chi connectivity index (χ0n) is 13.8. The molecule has 0 radical (unpaired) electrons. The smallest absolute Gasteiger partial charge is 0.244 e. The number of hydrogen-bond acceptors (Lipinski definition) is 4. The zero-order chi connectivity index (χ0) is 17.1. The third-order valence-electron chi connectivity index (χ3n) is 4.68. The molecule has 0 aromatic heterocycles. The van der Waals surface area contributed by atoms with Crippen molar-refractivity contribution in [3.63, 3.8) is 0 Å². The Balaban J connectivity index is 1.60. The first-order valence-electron chi connectivity index (χ1n) is 8.48. The van der Waals surface area contributed by atoms with Gasteiger partial charge in [-0.15, -0.1) is 0 Å². The van der Waals surface area contributed by atoms with Crippen LogP contribution >= 0.6 is 0 Å². The number of fused-ring (bicyclic) bond motifs is 1. The molecule has 0 bridgehead atoms. The number of likely N-dealkylation sites (tertiary alicyclic amines) is 1. The molecule has 1 heterocycles. The van der Waals surface area contributed by atoms with Gasteiger partial charge in [-0.1, -0.05) is 12.8 Å². The Labute approximate surface area is 141 Å². The summed E-state index contributed by atoms with van der Waals surface area (Å²) in [7, 11) is 0. The van der Waals surface area contributed by atoms with Crippen LogP contribution in [0.3, 0.4) is 0 Å². The molecule has 1 aromatic carbocycles. The van der Waals surface area contributed by atoms with Gasteiger partial charge in [0, 0.05) is 5.69 Å². The van der Waals surface area contributed by atoms with Crippen molar-refractivity contribution in [3.8, 4) is 5.75 Å². The van der Waals surface area contributed by atoms with Crippen molar-refractivity contribution < 1.29 is 19.1 Å². The number of anilines is 1. The number of imide groups is 1. The maximum atomic E-state index is 12.4. The standard InChI is InChI=1S/C18H22N2O4/c1-2-24-13-9-7-12(8-10-13)19-16(21)11-20-17(22)14-5-3-4-6-15(14)18(20)23/h7-10,14-15H,2-6,11H2,1H3,(H,19,21)/t14-,15-/m0/s1. The summed E-state index contributed by atoms with van der Waals surface area (Å²) in [5.41, 5.74) is 0.611. The highest BCUT2D eigenvalue weighted by molar-refractivity contribution is 6.08. The van der Waals surface area contributed by atoms with E-state index in [2.05, 4.69) is 5.32 Å². The molecular formula is C18H22N2O4. The van der Waals surface area contributed by atoms with Gasteiger partial charge in [0.05, 0.1) is 18.4 Å². The minimum atomic E-state index is -0.362. The highest BCUT2D eigenvalue weighted by Crippen LogP contribution is 2.37. The first-order chi connectivity index (χ1) is 11.6. The predicted octanol–water partition coefficient (Wildman–Crippen LogP) is 2.20. The van der Waals surface area contributed by atoms with Crippen molar-refractivity contribution in [2.75, 3.05) is 18.5 Å². The number of amides is 3. The van der Waals surface area contributed by atoms with E-state index in [0.29, 0.717) is 12.3 Å². The van der Waals surface area contributed by atoms with E-state index in [9.17, 15) is 14.4 Å². The lowest BCUT2D eigenvalue weighted by atomic mass is 9.81. The molecule has 128 valence electrons. The molecule has 0 unspecified atom stereocenters. The molecule has 6 heteroatoms. The average molecular weight is 330 g/mol. The van der Waals surface area contributed by atoms with Crippen LogP contribution in [0.4, 0.5) is 5.69 Å². The van der Waals surface area contributed by atoms with Crippen LogP contribution in [-0.4, -0.2) is 35.8 Å². The van der Waals surface area contributed by atoms with E-state index in [1.807, 2.05) is 6.92 Å². The summed E-state index contributed by atoms with van der Waals surface area (Å²) >= 11 is 0. The van der Waals surface area contributed by atoms with Crippen molar-refractivity contribution in [2.24, 2.45) is 11.8 Å². The molecule has 2 aliphatic rings. The second-order valence-corrected chi connectivity index (χ2v) is 6.27. The molecule has 6 nitrogen and oxygen atoms in total. The van der Waals surface area contributed by atoms with Gasteiger partial charge in [-0.3, -0.25) is 19.3 Å². The highest BCUT2D eigenvalue weighted by atomic mass is 16.5. The maximum absolute atomic E-state index is 12.4. The van der Waals surface area contributed by atoms with Gasteiger partial charge in [0.1, 0.15) is 12.3 Å². The van der Waals surface area contributed by atoms with Gasteiger partial charge in [0.2, 0.25) is 17.7 Å². The molecule has 1 aliphatic carbocycles. The first kappa shape index (κ1) is 16.5. The van der Waals surface area contributed by atoms with Crippen LogP contribution in [-0.2, 0) is 14.4 Å². The maximum Gasteiger partial charge on any atom is 0.244 e. The SMILES string of the molecule is CCOc1ccc(NC(=O)CN2C(=O)[C@H]3CCCC[C@@H]3C2=O)cc1. The van der Waals surface area contributed by atoms with Gasteiger partial charge in [0.15, 0.2) is 0 Å². The predicted molar refractivity (Wildman–Crippen MR) is 88.4 cm³/mol. The number of benzene rings is 1. The summed E-state index contributed by atoms with van der Waals surface area (Å²) in [6.07, 6.45) is 3.47. The van der Waals surface area contributed by atoms with Gasteiger partial charge in [-0.25, -0.2) is 0 Å².